The second-order valence-corrected chi connectivity index (χ2v) is 4.29. The number of fused-ring (bicyclic) bond motifs is 1. The molecular weight excluding hydrogens is 272 g/mol. The van der Waals surface area contributed by atoms with Crippen LogP contribution in [0.4, 0.5) is 11.7 Å². The first-order valence-corrected chi connectivity index (χ1v) is 6.19. The number of oxazole rings is 1. The van der Waals surface area contributed by atoms with E-state index in [1.54, 1.807) is 18.2 Å². The van der Waals surface area contributed by atoms with Crippen LogP contribution in [0.2, 0.25) is 0 Å². The molecule has 0 fully saturated rings. The van der Waals surface area contributed by atoms with E-state index in [0.29, 0.717) is 12.1 Å². The molecule has 0 aliphatic rings. The van der Waals surface area contributed by atoms with Gasteiger partial charge in [0.1, 0.15) is 5.52 Å². The molecule has 0 saturated heterocycles. The van der Waals surface area contributed by atoms with Crippen molar-refractivity contribution in [2.45, 2.75) is 6.54 Å². The fourth-order valence-corrected chi connectivity index (χ4v) is 1.80. The maximum absolute atomic E-state index is 10.5. The number of azo groups is 1. The average molecular weight is 282 g/mol. The first-order chi connectivity index (χ1) is 10.2. The number of nitro benzene ring substituents is 1. The molecule has 104 valence electrons. The van der Waals surface area contributed by atoms with Crippen molar-refractivity contribution in [3.8, 4) is 0 Å². The van der Waals surface area contributed by atoms with Gasteiger partial charge in [-0.3, -0.25) is 10.1 Å². The summed E-state index contributed by atoms with van der Waals surface area (Å²) in [6.07, 6.45) is 0. The van der Waals surface area contributed by atoms with Gasteiger partial charge in [0, 0.05) is 12.1 Å². The van der Waals surface area contributed by atoms with E-state index in [4.69, 9.17) is 4.42 Å². The standard InChI is InChI=1S/C14H10N4O3/c19-18(20)11-7-5-10(6-8-11)9-15-17-14-16-12-3-1-2-4-13(12)21-14/h1-8H,9H2. The van der Waals surface area contributed by atoms with Crippen molar-refractivity contribution >= 4 is 22.8 Å². The van der Waals surface area contributed by atoms with Gasteiger partial charge in [0.05, 0.1) is 11.5 Å². The predicted molar refractivity (Wildman–Crippen MR) is 75.3 cm³/mol. The third-order valence-corrected chi connectivity index (χ3v) is 2.84. The lowest BCUT2D eigenvalue weighted by Gasteiger charge is -1.94. The second kappa shape index (κ2) is 5.49. The van der Waals surface area contributed by atoms with E-state index in [1.807, 2.05) is 18.2 Å². The van der Waals surface area contributed by atoms with Crippen LogP contribution < -0.4 is 0 Å². The molecule has 7 heteroatoms. The van der Waals surface area contributed by atoms with E-state index in [2.05, 4.69) is 15.2 Å². The number of benzene rings is 2. The van der Waals surface area contributed by atoms with Crippen LogP contribution in [0.25, 0.3) is 11.1 Å². The van der Waals surface area contributed by atoms with E-state index in [9.17, 15) is 10.1 Å². The summed E-state index contributed by atoms with van der Waals surface area (Å²) in [5.74, 6) is 0. The van der Waals surface area contributed by atoms with Crippen molar-refractivity contribution in [3.63, 3.8) is 0 Å². The molecule has 0 aliphatic carbocycles. The van der Waals surface area contributed by atoms with Crippen molar-refractivity contribution in [2.75, 3.05) is 0 Å². The van der Waals surface area contributed by atoms with Gasteiger partial charge in [0.2, 0.25) is 0 Å². The molecule has 7 nitrogen and oxygen atoms in total. The molecule has 2 aromatic carbocycles. The highest BCUT2D eigenvalue weighted by molar-refractivity contribution is 5.73. The summed E-state index contributed by atoms with van der Waals surface area (Å²) in [4.78, 5) is 14.3. The van der Waals surface area contributed by atoms with E-state index in [-0.39, 0.29) is 11.7 Å². The Kier molecular flexibility index (Phi) is 3.38. The Balaban J connectivity index is 1.70. The van der Waals surface area contributed by atoms with Gasteiger partial charge < -0.3 is 4.42 Å². The number of hydrogen-bond acceptors (Lipinski definition) is 6. The van der Waals surface area contributed by atoms with Crippen LogP contribution >= 0.6 is 0 Å². The molecule has 0 N–H and O–H groups in total. The molecule has 1 heterocycles. The Bertz CT molecular complexity index is 775. The van der Waals surface area contributed by atoms with Gasteiger partial charge in [0.15, 0.2) is 5.58 Å². The molecule has 3 rings (SSSR count). The lowest BCUT2D eigenvalue weighted by atomic mass is 10.2. The Labute approximate surface area is 119 Å². The Morgan fingerprint density at radius 3 is 2.62 bits per heavy atom. The fourth-order valence-electron chi connectivity index (χ4n) is 1.80. The number of aromatic nitrogens is 1. The number of para-hydroxylation sites is 2. The van der Waals surface area contributed by atoms with Gasteiger partial charge in [0.25, 0.3) is 5.69 Å². The summed E-state index contributed by atoms with van der Waals surface area (Å²) >= 11 is 0. The highest BCUT2D eigenvalue weighted by Gasteiger charge is 2.04. The minimum absolute atomic E-state index is 0.0506. The Morgan fingerprint density at radius 2 is 1.90 bits per heavy atom. The average Bonchev–Trinajstić information content (AvgIpc) is 2.90. The van der Waals surface area contributed by atoms with E-state index < -0.39 is 4.92 Å². The van der Waals surface area contributed by atoms with E-state index >= 15 is 0 Å². The van der Waals surface area contributed by atoms with Crippen molar-refractivity contribution in [1.82, 2.24) is 4.98 Å². The molecule has 21 heavy (non-hydrogen) atoms. The van der Waals surface area contributed by atoms with E-state index in [1.165, 1.54) is 12.1 Å². The summed E-state index contributed by atoms with van der Waals surface area (Å²) in [7, 11) is 0. The summed E-state index contributed by atoms with van der Waals surface area (Å²) in [6, 6.07) is 13.7. The first-order valence-electron chi connectivity index (χ1n) is 6.19. The van der Waals surface area contributed by atoms with Crippen molar-refractivity contribution < 1.29 is 9.34 Å². The quantitative estimate of drug-likeness (QED) is 0.410. The van der Waals surface area contributed by atoms with Crippen LogP contribution in [0, 0.1) is 10.1 Å². The third-order valence-electron chi connectivity index (χ3n) is 2.84. The highest BCUT2D eigenvalue weighted by atomic mass is 16.6. The van der Waals surface area contributed by atoms with Crippen LogP contribution in [0.3, 0.4) is 0 Å². The minimum Gasteiger partial charge on any atom is -0.421 e. The molecule has 0 radical (unpaired) electrons. The molecule has 0 unspecified atom stereocenters. The lowest BCUT2D eigenvalue weighted by molar-refractivity contribution is -0.384. The number of hydrogen-bond donors (Lipinski definition) is 0. The number of non-ortho nitro benzene ring substituents is 1. The van der Waals surface area contributed by atoms with Gasteiger partial charge in [-0.1, -0.05) is 29.4 Å². The van der Waals surface area contributed by atoms with Crippen LogP contribution in [0.5, 0.6) is 0 Å². The highest BCUT2D eigenvalue weighted by Crippen LogP contribution is 2.21. The second-order valence-electron chi connectivity index (χ2n) is 4.29. The van der Waals surface area contributed by atoms with E-state index in [0.717, 1.165) is 11.1 Å². The maximum Gasteiger partial charge on any atom is 0.341 e. The van der Waals surface area contributed by atoms with Gasteiger partial charge in [-0.2, -0.15) is 10.1 Å². The van der Waals surface area contributed by atoms with Crippen LogP contribution in [0.1, 0.15) is 5.56 Å². The Hall–Kier alpha value is -3.09. The van der Waals surface area contributed by atoms with Crippen molar-refractivity contribution in [3.05, 3.63) is 64.2 Å². The monoisotopic (exact) mass is 282 g/mol. The topological polar surface area (TPSA) is 93.9 Å². The molecule has 0 aliphatic heterocycles. The predicted octanol–water partition coefficient (Wildman–Crippen LogP) is 4.02. The molecule has 0 atom stereocenters. The smallest absolute Gasteiger partial charge is 0.341 e. The summed E-state index contributed by atoms with van der Waals surface area (Å²) < 4.78 is 5.40. The lowest BCUT2D eigenvalue weighted by Crippen LogP contribution is -1.88. The number of nitrogens with zero attached hydrogens (tertiary/aromatic N) is 4. The third kappa shape index (κ3) is 2.92. The molecule has 3 aromatic rings. The number of nitro groups is 1. The Morgan fingerprint density at radius 1 is 1.14 bits per heavy atom. The molecule has 0 bridgehead atoms. The largest absolute Gasteiger partial charge is 0.421 e. The molecule has 1 aromatic heterocycles. The maximum atomic E-state index is 10.5. The zero-order valence-electron chi connectivity index (χ0n) is 10.8. The van der Waals surface area contributed by atoms with Crippen molar-refractivity contribution in [1.29, 1.82) is 0 Å². The van der Waals surface area contributed by atoms with Crippen molar-refractivity contribution in [2.24, 2.45) is 10.2 Å². The van der Waals surface area contributed by atoms with Gasteiger partial charge in [-0.25, -0.2) is 0 Å². The van der Waals surface area contributed by atoms with Gasteiger partial charge in [-0.15, -0.1) is 0 Å². The van der Waals surface area contributed by atoms with Crippen LogP contribution in [0.15, 0.2) is 63.2 Å². The molecule has 0 spiro atoms. The SMILES string of the molecule is O=[N+]([O-])c1ccc(CN=Nc2nc3ccccc3o2)cc1. The van der Waals surface area contributed by atoms with Gasteiger partial charge >= 0.3 is 6.01 Å². The van der Waals surface area contributed by atoms with Crippen LogP contribution in [-0.2, 0) is 6.54 Å². The minimum atomic E-state index is -0.441. The molecule has 0 amide bonds. The first kappa shape index (κ1) is 12.9. The van der Waals surface area contributed by atoms with Gasteiger partial charge in [-0.05, 0) is 17.7 Å². The number of rotatable bonds is 4. The summed E-state index contributed by atoms with van der Waals surface area (Å²) in [6.45, 7) is 0.302. The molecule has 0 saturated carbocycles. The zero-order chi connectivity index (χ0) is 14.7. The zero-order valence-corrected chi connectivity index (χ0v) is 10.8. The summed E-state index contributed by atoms with van der Waals surface area (Å²) in [5, 5.41) is 18.4. The molecular formula is C14H10N4O3. The summed E-state index contributed by atoms with van der Waals surface area (Å²) in [5.41, 5.74) is 2.25. The normalized spacial score (nSPS) is 11.2. The fraction of sp³-hybridized carbons (Fsp3) is 0.0714. The van der Waals surface area contributed by atoms with Crippen LogP contribution in [-0.4, -0.2) is 9.91 Å².